The molecular formula is C24H19N3O3S. The van der Waals surface area contributed by atoms with E-state index in [0.29, 0.717) is 11.1 Å². The van der Waals surface area contributed by atoms with Gasteiger partial charge in [-0.2, -0.15) is 0 Å². The first-order valence-corrected chi connectivity index (χ1v) is 10.8. The van der Waals surface area contributed by atoms with Crippen molar-refractivity contribution in [1.29, 1.82) is 0 Å². The number of hydrogen-bond donors (Lipinski definition) is 2. The number of aliphatic hydroxyl groups excluding tert-OH is 1. The Labute approximate surface area is 182 Å². The molecule has 1 aliphatic rings. The van der Waals surface area contributed by atoms with Crippen molar-refractivity contribution in [2.24, 2.45) is 0 Å². The van der Waals surface area contributed by atoms with Crippen LogP contribution in [0, 0.1) is 0 Å². The molecule has 2 aromatic carbocycles. The SMILES string of the molecule is CCc1ccc(/C(O)=C2\C(=O)C(=O)N(c3nc4ccccc4[nH]3)C2c2cccs2)cc1. The van der Waals surface area contributed by atoms with Crippen LogP contribution in [-0.2, 0) is 16.0 Å². The number of H-pyrrole nitrogens is 1. The molecule has 2 N–H and O–H groups in total. The summed E-state index contributed by atoms with van der Waals surface area (Å²) in [4.78, 5) is 36.0. The fourth-order valence-electron chi connectivity index (χ4n) is 3.87. The maximum absolute atomic E-state index is 13.1. The molecule has 5 rings (SSSR count). The number of aliphatic hydroxyl groups is 1. The van der Waals surface area contributed by atoms with Crippen LogP contribution in [0.2, 0.25) is 0 Å². The lowest BCUT2D eigenvalue weighted by molar-refractivity contribution is -0.132. The molecule has 0 spiro atoms. The zero-order chi connectivity index (χ0) is 21.5. The van der Waals surface area contributed by atoms with Crippen molar-refractivity contribution in [3.63, 3.8) is 0 Å². The highest BCUT2D eigenvalue weighted by molar-refractivity contribution is 7.10. The highest BCUT2D eigenvalue weighted by atomic mass is 32.1. The number of aromatic amines is 1. The number of imidazole rings is 1. The predicted molar refractivity (Wildman–Crippen MR) is 121 cm³/mol. The molecule has 6 nitrogen and oxygen atoms in total. The topological polar surface area (TPSA) is 86.3 Å². The molecular weight excluding hydrogens is 410 g/mol. The van der Waals surface area contributed by atoms with Crippen LogP contribution < -0.4 is 4.90 Å². The van der Waals surface area contributed by atoms with Crippen LogP contribution in [0.3, 0.4) is 0 Å². The van der Waals surface area contributed by atoms with E-state index in [1.165, 1.54) is 16.2 Å². The third-order valence-electron chi connectivity index (χ3n) is 5.50. The van der Waals surface area contributed by atoms with Crippen LogP contribution in [-0.4, -0.2) is 26.8 Å². The highest BCUT2D eigenvalue weighted by Gasteiger charge is 2.48. The van der Waals surface area contributed by atoms with Gasteiger partial charge in [0.25, 0.3) is 5.78 Å². The smallest absolute Gasteiger partial charge is 0.302 e. The zero-order valence-electron chi connectivity index (χ0n) is 16.7. The van der Waals surface area contributed by atoms with E-state index in [4.69, 9.17) is 0 Å². The van der Waals surface area contributed by atoms with E-state index < -0.39 is 17.7 Å². The van der Waals surface area contributed by atoms with Crippen molar-refractivity contribution in [2.75, 3.05) is 4.90 Å². The number of nitrogens with zero attached hydrogens (tertiary/aromatic N) is 2. The first-order valence-electron chi connectivity index (χ1n) is 9.97. The molecule has 0 bridgehead atoms. The van der Waals surface area contributed by atoms with Gasteiger partial charge in [-0.1, -0.05) is 49.4 Å². The molecule has 4 aromatic rings. The summed E-state index contributed by atoms with van der Waals surface area (Å²) in [5.41, 5.74) is 3.14. The van der Waals surface area contributed by atoms with Gasteiger partial charge in [-0.3, -0.25) is 14.5 Å². The van der Waals surface area contributed by atoms with E-state index in [1.54, 1.807) is 12.1 Å². The Hall–Kier alpha value is -3.71. The summed E-state index contributed by atoms with van der Waals surface area (Å²) in [6.45, 7) is 2.05. The largest absolute Gasteiger partial charge is 0.507 e. The Balaban J connectivity index is 1.69. The van der Waals surface area contributed by atoms with Gasteiger partial charge in [-0.05, 0) is 35.6 Å². The van der Waals surface area contributed by atoms with Crippen molar-refractivity contribution in [3.8, 4) is 0 Å². The number of Topliss-reactive ketones (excluding diaryl/α,β-unsaturated/α-hetero) is 1. The van der Waals surface area contributed by atoms with Gasteiger partial charge in [0.1, 0.15) is 11.8 Å². The van der Waals surface area contributed by atoms with Crippen LogP contribution in [0.4, 0.5) is 5.95 Å². The van der Waals surface area contributed by atoms with E-state index >= 15 is 0 Å². The fraction of sp³-hybridized carbons (Fsp3) is 0.125. The van der Waals surface area contributed by atoms with E-state index in [-0.39, 0.29) is 17.3 Å². The zero-order valence-corrected chi connectivity index (χ0v) is 17.5. The number of para-hydroxylation sites is 2. The van der Waals surface area contributed by atoms with Crippen LogP contribution in [0.25, 0.3) is 16.8 Å². The normalized spacial score (nSPS) is 18.2. The van der Waals surface area contributed by atoms with Crippen LogP contribution in [0.1, 0.15) is 29.0 Å². The molecule has 0 aliphatic carbocycles. The number of nitrogens with one attached hydrogen (secondary N) is 1. The van der Waals surface area contributed by atoms with Gasteiger partial charge in [0.2, 0.25) is 5.95 Å². The van der Waals surface area contributed by atoms with Gasteiger partial charge in [-0.15, -0.1) is 11.3 Å². The Morgan fingerprint density at radius 3 is 2.55 bits per heavy atom. The lowest BCUT2D eigenvalue weighted by atomic mass is 9.99. The first kappa shape index (κ1) is 19.3. The average Bonchev–Trinajstić information content (AvgIpc) is 3.52. The second-order valence-electron chi connectivity index (χ2n) is 7.31. The molecule has 7 heteroatoms. The third-order valence-corrected chi connectivity index (χ3v) is 6.42. The number of thiophene rings is 1. The van der Waals surface area contributed by atoms with Crippen molar-refractivity contribution < 1.29 is 14.7 Å². The number of fused-ring (bicyclic) bond motifs is 1. The lowest BCUT2D eigenvalue weighted by Gasteiger charge is -2.21. The molecule has 0 saturated carbocycles. The summed E-state index contributed by atoms with van der Waals surface area (Å²) < 4.78 is 0. The molecule has 1 saturated heterocycles. The van der Waals surface area contributed by atoms with Gasteiger partial charge in [0.05, 0.1) is 16.6 Å². The monoisotopic (exact) mass is 429 g/mol. The number of anilines is 1. The van der Waals surface area contributed by atoms with Crippen molar-refractivity contribution in [2.45, 2.75) is 19.4 Å². The number of carbonyl (C=O) groups excluding carboxylic acids is 2. The third kappa shape index (κ3) is 3.14. The highest BCUT2D eigenvalue weighted by Crippen LogP contribution is 2.43. The molecule has 1 atom stereocenters. The summed E-state index contributed by atoms with van der Waals surface area (Å²) in [6.07, 6.45) is 0.868. The molecule has 31 heavy (non-hydrogen) atoms. The minimum atomic E-state index is -0.758. The van der Waals surface area contributed by atoms with Crippen molar-refractivity contribution >= 4 is 45.8 Å². The number of aromatic nitrogens is 2. The van der Waals surface area contributed by atoms with Gasteiger partial charge in [0, 0.05) is 10.4 Å². The van der Waals surface area contributed by atoms with Gasteiger partial charge < -0.3 is 10.1 Å². The number of amides is 1. The minimum Gasteiger partial charge on any atom is -0.507 e. The second kappa shape index (κ2) is 7.52. The van der Waals surface area contributed by atoms with Gasteiger partial charge in [0.15, 0.2) is 0 Å². The molecule has 1 unspecified atom stereocenters. The van der Waals surface area contributed by atoms with E-state index in [9.17, 15) is 14.7 Å². The molecule has 1 fully saturated rings. The molecule has 3 heterocycles. The Bertz CT molecular complexity index is 1290. The predicted octanol–water partition coefficient (Wildman–Crippen LogP) is 4.81. The summed E-state index contributed by atoms with van der Waals surface area (Å²) in [5.74, 6) is -1.35. The summed E-state index contributed by atoms with van der Waals surface area (Å²) >= 11 is 1.42. The van der Waals surface area contributed by atoms with Crippen molar-refractivity contribution in [3.05, 3.63) is 87.6 Å². The number of carbonyl (C=O) groups is 2. The summed E-state index contributed by atoms with van der Waals surface area (Å²) in [6, 6.07) is 17.7. The molecule has 154 valence electrons. The maximum Gasteiger partial charge on any atom is 0.302 e. The Morgan fingerprint density at radius 1 is 1.10 bits per heavy atom. The van der Waals surface area contributed by atoms with Crippen LogP contribution in [0.5, 0.6) is 0 Å². The van der Waals surface area contributed by atoms with Crippen molar-refractivity contribution in [1.82, 2.24) is 9.97 Å². The van der Waals surface area contributed by atoms with Gasteiger partial charge in [-0.25, -0.2) is 4.98 Å². The van der Waals surface area contributed by atoms with Crippen LogP contribution >= 0.6 is 11.3 Å². The molecule has 1 amide bonds. The quantitative estimate of drug-likeness (QED) is 0.277. The van der Waals surface area contributed by atoms with E-state index in [2.05, 4.69) is 9.97 Å². The summed E-state index contributed by atoms with van der Waals surface area (Å²) in [7, 11) is 0. The lowest BCUT2D eigenvalue weighted by Crippen LogP contribution is -2.30. The molecule has 2 aromatic heterocycles. The van der Waals surface area contributed by atoms with Crippen LogP contribution in [0.15, 0.2) is 71.6 Å². The maximum atomic E-state index is 13.1. The average molecular weight is 430 g/mol. The number of ketones is 1. The fourth-order valence-corrected chi connectivity index (χ4v) is 4.70. The van der Waals surface area contributed by atoms with Gasteiger partial charge >= 0.3 is 5.91 Å². The standard InChI is InChI=1S/C24H19N3O3S/c1-2-14-9-11-15(12-10-14)21(28)19-20(18-8-5-13-31-18)27(23(30)22(19)29)24-25-16-6-3-4-7-17(16)26-24/h3-13,20,28H,2H2,1H3,(H,25,26)/b21-19+. The summed E-state index contributed by atoms with van der Waals surface area (Å²) in [5, 5.41) is 13.0. The number of aryl methyl sites for hydroxylation is 1. The Morgan fingerprint density at radius 2 is 1.87 bits per heavy atom. The van der Waals surface area contributed by atoms with E-state index in [0.717, 1.165) is 22.4 Å². The number of rotatable bonds is 4. The van der Waals surface area contributed by atoms with E-state index in [1.807, 2.05) is 60.8 Å². The second-order valence-corrected chi connectivity index (χ2v) is 8.29. The number of benzene rings is 2. The Kier molecular flexibility index (Phi) is 4.67. The molecule has 1 aliphatic heterocycles. The molecule has 0 radical (unpaired) electrons. The minimum absolute atomic E-state index is 0.0668. The first-order chi connectivity index (χ1) is 15.1. The number of hydrogen-bond acceptors (Lipinski definition) is 5.